The van der Waals surface area contributed by atoms with Gasteiger partial charge in [0.2, 0.25) is 0 Å². The van der Waals surface area contributed by atoms with Crippen LogP contribution in [0, 0.1) is 5.82 Å². The van der Waals surface area contributed by atoms with Crippen LogP contribution in [0.4, 0.5) is 10.1 Å². The zero-order valence-electron chi connectivity index (χ0n) is 11.4. The van der Waals surface area contributed by atoms with Gasteiger partial charge in [0, 0.05) is 22.7 Å². The summed E-state index contributed by atoms with van der Waals surface area (Å²) in [4.78, 5) is 23.3. The van der Waals surface area contributed by atoms with Gasteiger partial charge in [0.25, 0.3) is 0 Å². The van der Waals surface area contributed by atoms with E-state index >= 15 is 0 Å². The largest absolute Gasteiger partial charge is 0.548 e. The van der Waals surface area contributed by atoms with Crippen LogP contribution in [0.5, 0.6) is 0 Å². The normalized spacial score (nSPS) is 11.7. The maximum atomic E-state index is 12.8. The number of Topliss-reactive ketones (excluding diaryl/α,β-unsaturated/α-hetero) is 1. The Morgan fingerprint density at radius 1 is 1.09 bits per heavy atom. The van der Waals surface area contributed by atoms with E-state index in [1.54, 1.807) is 12.1 Å². The molecule has 1 atom stereocenters. The number of carbonyl (C=O) groups is 2. The first-order valence-corrected chi connectivity index (χ1v) is 6.85. The van der Waals surface area contributed by atoms with Gasteiger partial charge in [0.1, 0.15) is 5.82 Å². The van der Waals surface area contributed by atoms with Crippen molar-refractivity contribution < 1.29 is 19.1 Å². The van der Waals surface area contributed by atoms with Crippen LogP contribution in [0.1, 0.15) is 16.8 Å². The average Bonchev–Trinajstić information content (AvgIpc) is 2.49. The second kappa shape index (κ2) is 7.04. The molecule has 0 aliphatic heterocycles. The molecule has 1 N–H and O–H groups in total. The molecule has 2 aromatic rings. The summed E-state index contributed by atoms with van der Waals surface area (Å²) in [6, 6.07) is 10.1. The summed E-state index contributed by atoms with van der Waals surface area (Å²) in [5, 5.41) is 14.3. The van der Waals surface area contributed by atoms with E-state index < -0.39 is 17.8 Å². The van der Waals surface area contributed by atoms with Crippen molar-refractivity contribution in [2.75, 3.05) is 5.32 Å². The molecule has 22 heavy (non-hydrogen) atoms. The topological polar surface area (TPSA) is 69.2 Å². The van der Waals surface area contributed by atoms with Gasteiger partial charge in [-0.15, -0.1) is 0 Å². The predicted molar refractivity (Wildman–Crippen MR) is 79.2 cm³/mol. The molecular formula is C16H12ClFNO3-. The molecule has 114 valence electrons. The summed E-state index contributed by atoms with van der Waals surface area (Å²) in [5.74, 6) is -2.21. The fraction of sp³-hybridized carbons (Fsp3) is 0.125. The van der Waals surface area contributed by atoms with Gasteiger partial charge in [-0.25, -0.2) is 4.39 Å². The number of carboxylic acids is 1. The van der Waals surface area contributed by atoms with Gasteiger partial charge in [-0.05, 0) is 48.5 Å². The van der Waals surface area contributed by atoms with Crippen LogP contribution < -0.4 is 10.4 Å². The smallest absolute Gasteiger partial charge is 0.165 e. The van der Waals surface area contributed by atoms with Crippen molar-refractivity contribution in [1.82, 2.24) is 0 Å². The van der Waals surface area contributed by atoms with E-state index in [4.69, 9.17) is 11.6 Å². The molecule has 2 rings (SSSR count). The molecule has 0 heterocycles. The number of nitrogens with one attached hydrogen (secondary N) is 1. The molecular weight excluding hydrogens is 309 g/mol. The number of aliphatic carboxylic acids is 1. The maximum Gasteiger partial charge on any atom is 0.165 e. The highest BCUT2D eigenvalue weighted by Gasteiger charge is 2.16. The van der Waals surface area contributed by atoms with E-state index in [9.17, 15) is 19.1 Å². The van der Waals surface area contributed by atoms with E-state index in [2.05, 4.69) is 5.32 Å². The molecule has 0 saturated carbocycles. The van der Waals surface area contributed by atoms with Crippen molar-refractivity contribution in [3.8, 4) is 0 Å². The van der Waals surface area contributed by atoms with E-state index in [-0.39, 0.29) is 12.2 Å². The molecule has 0 aliphatic rings. The van der Waals surface area contributed by atoms with Gasteiger partial charge < -0.3 is 15.2 Å². The standard InChI is InChI=1S/C16H13ClFNO3/c17-11-3-1-10(2-4-11)15(20)9-14(16(21)22)19-13-7-5-12(18)6-8-13/h1-8,14,19H,9H2,(H,21,22)/p-1/t14-/m0/s1. The molecule has 2 aromatic carbocycles. The molecule has 0 bridgehead atoms. The van der Waals surface area contributed by atoms with E-state index in [1.165, 1.54) is 36.4 Å². The fourth-order valence-corrected chi connectivity index (χ4v) is 2.01. The Morgan fingerprint density at radius 3 is 2.23 bits per heavy atom. The third-order valence-electron chi connectivity index (χ3n) is 3.03. The highest BCUT2D eigenvalue weighted by Crippen LogP contribution is 2.15. The number of rotatable bonds is 6. The molecule has 6 heteroatoms. The van der Waals surface area contributed by atoms with Crippen LogP contribution in [0.3, 0.4) is 0 Å². The van der Waals surface area contributed by atoms with Crippen molar-refractivity contribution in [1.29, 1.82) is 0 Å². The van der Waals surface area contributed by atoms with Crippen LogP contribution in [-0.4, -0.2) is 17.8 Å². The highest BCUT2D eigenvalue weighted by atomic mass is 35.5. The van der Waals surface area contributed by atoms with Crippen LogP contribution in [0.15, 0.2) is 48.5 Å². The van der Waals surface area contributed by atoms with Gasteiger partial charge in [0.15, 0.2) is 5.78 Å². The lowest BCUT2D eigenvalue weighted by molar-refractivity contribution is -0.306. The lowest BCUT2D eigenvalue weighted by atomic mass is 10.0. The molecule has 0 spiro atoms. The Bertz CT molecular complexity index is 671. The minimum Gasteiger partial charge on any atom is -0.548 e. The third-order valence-corrected chi connectivity index (χ3v) is 3.28. The first-order valence-electron chi connectivity index (χ1n) is 6.47. The van der Waals surface area contributed by atoms with Crippen LogP contribution >= 0.6 is 11.6 Å². The number of anilines is 1. The van der Waals surface area contributed by atoms with Gasteiger partial charge in [-0.2, -0.15) is 0 Å². The van der Waals surface area contributed by atoms with Gasteiger partial charge >= 0.3 is 0 Å². The number of ketones is 1. The number of benzene rings is 2. The Balaban J connectivity index is 2.08. The summed E-state index contributed by atoms with van der Waals surface area (Å²) < 4.78 is 12.8. The Kier molecular flexibility index (Phi) is 5.12. The van der Waals surface area contributed by atoms with Crippen molar-refractivity contribution in [2.45, 2.75) is 12.5 Å². The minimum absolute atomic E-state index is 0.290. The summed E-state index contributed by atoms with van der Waals surface area (Å²) >= 11 is 5.73. The summed E-state index contributed by atoms with van der Waals surface area (Å²) in [6.45, 7) is 0. The zero-order chi connectivity index (χ0) is 16.1. The number of hydrogen-bond acceptors (Lipinski definition) is 4. The van der Waals surface area contributed by atoms with Crippen LogP contribution in [-0.2, 0) is 4.79 Å². The van der Waals surface area contributed by atoms with Gasteiger partial charge in [-0.3, -0.25) is 4.79 Å². The maximum absolute atomic E-state index is 12.8. The molecule has 4 nitrogen and oxygen atoms in total. The van der Waals surface area contributed by atoms with E-state index in [0.29, 0.717) is 16.3 Å². The number of carboxylic acid groups (broad SMARTS) is 1. The lowest BCUT2D eigenvalue weighted by Gasteiger charge is -2.20. The summed E-state index contributed by atoms with van der Waals surface area (Å²) in [6.07, 6.45) is -0.290. The molecule has 0 aliphatic carbocycles. The molecule has 0 radical (unpaired) electrons. The zero-order valence-corrected chi connectivity index (χ0v) is 12.1. The number of halogens is 2. The minimum atomic E-state index is -1.41. The first kappa shape index (κ1) is 16.0. The Hall–Kier alpha value is -2.40. The third kappa shape index (κ3) is 4.30. The van der Waals surface area contributed by atoms with Crippen molar-refractivity contribution in [3.63, 3.8) is 0 Å². The predicted octanol–water partition coefficient (Wildman–Crippen LogP) is 2.28. The Labute approximate surface area is 131 Å². The van der Waals surface area contributed by atoms with Gasteiger partial charge in [-0.1, -0.05) is 11.6 Å². The monoisotopic (exact) mass is 320 g/mol. The molecule has 0 fully saturated rings. The van der Waals surface area contributed by atoms with Crippen molar-refractivity contribution >= 4 is 29.0 Å². The summed E-state index contributed by atoms with van der Waals surface area (Å²) in [7, 11) is 0. The quantitative estimate of drug-likeness (QED) is 0.829. The van der Waals surface area contributed by atoms with Crippen molar-refractivity contribution in [3.05, 3.63) is 64.9 Å². The average molecular weight is 321 g/mol. The molecule has 0 saturated heterocycles. The van der Waals surface area contributed by atoms with Crippen molar-refractivity contribution in [2.24, 2.45) is 0 Å². The molecule has 0 amide bonds. The Morgan fingerprint density at radius 2 is 1.68 bits per heavy atom. The second-order valence-electron chi connectivity index (χ2n) is 4.66. The molecule has 0 aromatic heterocycles. The second-order valence-corrected chi connectivity index (χ2v) is 5.09. The first-order chi connectivity index (χ1) is 10.5. The summed E-state index contributed by atoms with van der Waals surface area (Å²) in [5.41, 5.74) is 0.746. The fourth-order valence-electron chi connectivity index (χ4n) is 1.88. The van der Waals surface area contributed by atoms with Crippen LogP contribution in [0.2, 0.25) is 5.02 Å². The van der Waals surface area contributed by atoms with Gasteiger partial charge in [0.05, 0.1) is 12.0 Å². The molecule has 0 unspecified atom stereocenters. The number of carbonyl (C=O) groups excluding carboxylic acids is 2. The SMILES string of the molecule is O=C(C[C@H](Nc1ccc(F)cc1)C(=O)[O-])c1ccc(Cl)cc1. The van der Waals surface area contributed by atoms with Crippen LogP contribution in [0.25, 0.3) is 0 Å². The van der Waals surface area contributed by atoms with E-state index in [1.807, 2.05) is 0 Å². The number of hydrogen-bond donors (Lipinski definition) is 1. The van der Waals surface area contributed by atoms with E-state index in [0.717, 1.165) is 0 Å². The highest BCUT2D eigenvalue weighted by molar-refractivity contribution is 6.30. The lowest BCUT2D eigenvalue weighted by Crippen LogP contribution is -2.42.